The minimum atomic E-state index is -1.34. The summed E-state index contributed by atoms with van der Waals surface area (Å²) in [7, 11) is -1.34. The van der Waals surface area contributed by atoms with E-state index in [9.17, 15) is 8.60 Å². The van der Waals surface area contributed by atoms with E-state index in [1.54, 1.807) is 24.3 Å². The number of benzene rings is 2. The molecule has 0 fully saturated rings. The van der Waals surface area contributed by atoms with E-state index in [1.165, 1.54) is 12.1 Å². The molecule has 2 aromatic carbocycles. The Morgan fingerprint density at radius 2 is 2.00 bits per heavy atom. The van der Waals surface area contributed by atoms with Crippen molar-refractivity contribution < 1.29 is 8.60 Å². The highest BCUT2D eigenvalue weighted by molar-refractivity contribution is 9.10. The van der Waals surface area contributed by atoms with Crippen molar-refractivity contribution in [3.8, 4) is 0 Å². The Balaban J connectivity index is 2.25. The Labute approximate surface area is 126 Å². The van der Waals surface area contributed by atoms with E-state index in [0.717, 1.165) is 0 Å². The lowest BCUT2D eigenvalue weighted by molar-refractivity contribution is 0.625. The number of hydrogen-bond acceptors (Lipinski definition) is 2. The molecule has 100 valence electrons. The van der Waals surface area contributed by atoms with Crippen molar-refractivity contribution in [3.63, 3.8) is 0 Å². The molecule has 0 aromatic heterocycles. The SMILES string of the molecule is Nc1cc(Cl)ccc1S(=O)Cc1cc(F)cc(Br)c1. The molecule has 2 N–H and O–H groups in total. The Hall–Kier alpha value is -0.910. The fourth-order valence-electron chi connectivity index (χ4n) is 1.65. The largest absolute Gasteiger partial charge is 0.398 e. The van der Waals surface area contributed by atoms with Crippen LogP contribution in [0, 0.1) is 5.82 Å². The molecule has 1 unspecified atom stereocenters. The van der Waals surface area contributed by atoms with Gasteiger partial charge in [0.2, 0.25) is 0 Å². The monoisotopic (exact) mass is 361 g/mol. The summed E-state index contributed by atoms with van der Waals surface area (Å²) in [5, 5.41) is 0.492. The minimum Gasteiger partial charge on any atom is -0.398 e. The van der Waals surface area contributed by atoms with E-state index in [2.05, 4.69) is 15.9 Å². The van der Waals surface area contributed by atoms with Gasteiger partial charge in [0.25, 0.3) is 0 Å². The molecular formula is C13H10BrClFNOS. The van der Waals surface area contributed by atoms with Crippen LogP contribution in [0.3, 0.4) is 0 Å². The topological polar surface area (TPSA) is 43.1 Å². The highest BCUT2D eigenvalue weighted by atomic mass is 79.9. The quantitative estimate of drug-likeness (QED) is 0.834. The number of nitrogen functional groups attached to an aromatic ring is 1. The zero-order valence-corrected chi connectivity index (χ0v) is 12.9. The molecule has 0 aliphatic heterocycles. The van der Waals surface area contributed by atoms with Crippen LogP contribution in [0.4, 0.5) is 10.1 Å². The molecule has 0 aliphatic rings. The predicted octanol–water partition coefficient (Wildman–Crippen LogP) is 4.13. The third-order valence-corrected chi connectivity index (χ3v) is 4.59. The zero-order valence-electron chi connectivity index (χ0n) is 9.70. The normalized spacial score (nSPS) is 12.4. The fourth-order valence-corrected chi connectivity index (χ4v) is 3.51. The summed E-state index contributed by atoms with van der Waals surface area (Å²) >= 11 is 8.99. The van der Waals surface area contributed by atoms with E-state index < -0.39 is 10.8 Å². The van der Waals surface area contributed by atoms with Gasteiger partial charge >= 0.3 is 0 Å². The van der Waals surface area contributed by atoms with Gasteiger partial charge in [0.05, 0.1) is 21.4 Å². The Kier molecular flexibility index (Phi) is 4.60. The Morgan fingerprint density at radius 3 is 2.63 bits per heavy atom. The van der Waals surface area contributed by atoms with Crippen LogP contribution in [0.2, 0.25) is 5.02 Å². The van der Waals surface area contributed by atoms with Crippen LogP contribution >= 0.6 is 27.5 Å². The predicted molar refractivity (Wildman–Crippen MR) is 80.1 cm³/mol. The van der Waals surface area contributed by atoms with Gasteiger partial charge < -0.3 is 5.73 Å². The Bertz CT molecular complexity index is 630. The molecule has 0 radical (unpaired) electrons. The lowest BCUT2D eigenvalue weighted by Crippen LogP contribution is -2.01. The van der Waals surface area contributed by atoms with Crippen molar-refractivity contribution in [2.45, 2.75) is 10.6 Å². The van der Waals surface area contributed by atoms with Crippen molar-refractivity contribution in [2.24, 2.45) is 0 Å². The summed E-state index contributed by atoms with van der Waals surface area (Å²) < 4.78 is 26.1. The maximum atomic E-state index is 13.2. The van der Waals surface area contributed by atoms with Gasteiger partial charge in [-0.2, -0.15) is 0 Å². The maximum Gasteiger partial charge on any atom is 0.124 e. The standard InChI is InChI=1S/C13H10BrClFNOS/c14-9-3-8(4-11(16)5-9)7-19(18)13-2-1-10(15)6-12(13)17/h1-6H,7,17H2. The van der Waals surface area contributed by atoms with E-state index in [1.807, 2.05) is 0 Å². The van der Waals surface area contributed by atoms with E-state index in [-0.39, 0.29) is 11.6 Å². The van der Waals surface area contributed by atoms with Crippen LogP contribution in [-0.2, 0) is 16.6 Å². The van der Waals surface area contributed by atoms with Gasteiger partial charge in [-0.1, -0.05) is 27.5 Å². The molecule has 0 heterocycles. The second-order valence-electron chi connectivity index (χ2n) is 3.95. The zero-order chi connectivity index (χ0) is 14.0. The maximum absolute atomic E-state index is 13.2. The summed E-state index contributed by atoms with van der Waals surface area (Å²) in [5.74, 6) is -0.173. The molecule has 6 heteroatoms. The highest BCUT2D eigenvalue weighted by Gasteiger charge is 2.10. The van der Waals surface area contributed by atoms with Crippen molar-refractivity contribution in [1.82, 2.24) is 0 Å². The first-order valence-electron chi connectivity index (χ1n) is 5.34. The molecule has 0 spiro atoms. The number of hydrogen-bond donors (Lipinski definition) is 1. The fraction of sp³-hybridized carbons (Fsp3) is 0.0769. The molecule has 2 rings (SSSR count). The van der Waals surface area contributed by atoms with Crippen LogP contribution in [0.25, 0.3) is 0 Å². The third kappa shape index (κ3) is 3.78. The van der Waals surface area contributed by atoms with Gasteiger partial charge in [-0.3, -0.25) is 4.21 Å². The average molecular weight is 363 g/mol. The summed E-state index contributed by atoms with van der Waals surface area (Å²) in [6.45, 7) is 0. The van der Waals surface area contributed by atoms with Crippen LogP contribution in [-0.4, -0.2) is 4.21 Å². The molecule has 2 aromatic rings. The van der Waals surface area contributed by atoms with Crippen LogP contribution in [0.15, 0.2) is 45.8 Å². The first-order chi connectivity index (χ1) is 8.95. The summed E-state index contributed by atoms with van der Waals surface area (Å²) in [4.78, 5) is 0.504. The first-order valence-corrected chi connectivity index (χ1v) is 7.83. The lowest BCUT2D eigenvalue weighted by Gasteiger charge is -2.07. The van der Waals surface area contributed by atoms with Crippen molar-refractivity contribution in [1.29, 1.82) is 0 Å². The van der Waals surface area contributed by atoms with Crippen LogP contribution in [0.5, 0.6) is 0 Å². The van der Waals surface area contributed by atoms with Gasteiger partial charge in [-0.15, -0.1) is 0 Å². The second kappa shape index (κ2) is 6.03. The number of rotatable bonds is 3. The summed E-state index contributed by atoms with van der Waals surface area (Å²) in [5.41, 5.74) is 6.79. The molecule has 0 amide bonds. The van der Waals surface area contributed by atoms with Crippen molar-refractivity contribution in [3.05, 3.63) is 57.3 Å². The molecule has 0 bridgehead atoms. The van der Waals surface area contributed by atoms with Crippen LogP contribution in [0.1, 0.15) is 5.56 Å². The number of nitrogens with two attached hydrogens (primary N) is 1. The van der Waals surface area contributed by atoms with Gasteiger partial charge in [0.15, 0.2) is 0 Å². The van der Waals surface area contributed by atoms with Crippen LogP contribution < -0.4 is 5.73 Å². The molecule has 19 heavy (non-hydrogen) atoms. The highest BCUT2D eigenvalue weighted by Crippen LogP contribution is 2.24. The summed E-state index contributed by atoms with van der Waals surface area (Å²) in [6, 6.07) is 9.25. The third-order valence-electron chi connectivity index (χ3n) is 2.44. The summed E-state index contributed by atoms with van der Waals surface area (Å²) in [6.07, 6.45) is 0. The van der Waals surface area contributed by atoms with Crippen molar-refractivity contribution >= 4 is 44.0 Å². The minimum absolute atomic E-state index is 0.197. The van der Waals surface area contributed by atoms with Gasteiger partial charge in [0, 0.05) is 15.2 Å². The van der Waals surface area contributed by atoms with Crippen molar-refractivity contribution in [2.75, 3.05) is 5.73 Å². The Morgan fingerprint density at radius 1 is 1.26 bits per heavy atom. The molecule has 0 aliphatic carbocycles. The first kappa shape index (κ1) is 14.5. The number of halogens is 3. The van der Waals surface area contributed by atoms with E-state index in [4.69, 9.17) is 17.3 Å². The molecule has 0 saturated carbocycles. The second-order valence-corrected chi connectivity index (χ2v) is 6.72. The molecule has 1 atom stereocenters. The average Bonchev–Trinajstić information content (AvgIpc) is 2.26. The van der Waals surface area contributed by atoms with Gasteiger partial charge in [0.1, 0.15) is 5.82 Å². The lowest BCUT2D eigenvalue weighted by atomic mass is 10.2. The molecular weight excluding hydrogens is 353 g/mol. The molecule has 0 saturated heterocycles. The van der Waals surface area contributed by atoms with Gasteiger partial charge in [-0.05, 0) is 42.0 Å². The van der Waals surface area contributed by atoms with E-state index >= 15 is 0 Å². The van der Waals surface area contributed by atoms with E-state index in [0.29, 0.717) is 25.6 Å². The van der Waals surface area contributed by atoms with Gasteiger partial charge in [-0.25, -0.2) is 4.39 Å². The number of anilines is 1. The molecule has 2 nitrogen and oxygen atoms in total. The smallest absolute Gasteiger partial charge is 0.124 e.